The standard InChI is InChI=1S/C13H18BrNO/c1-13(2,3)12(15)11(16)8-9-5-4-6-10(14)7-9/h4-7,12H,8,15H2,1-3H3. The number of hydrogen-bond donors (Lipinski definition) is 1. The van der Waals surface area contributed by atoms with Gasteiger partial charge >= 0.3 is 0 Å². The van der Waals surface area contributed by atoms with E-state index in [4.69, 9.17) is 5.73 Å². The summed E-state index contributed by atoms with van der Waals surface area (Å²) in [6.45, 7) is 5.95. The third kappa shape index (κ3) is 3.72. The van der Waals surface area contributed by atoms with E-state index < -0.39 is 6.04 Å². The van der Waals surface area contributed by atoms with Gasteiger partial charge in [-0.2, -0.15) is 0 Å². The Labute approximate surface area is 105 Å². The van der Waals surface area contributed by atoms with Gasteiger partial charge in [0.2, 0.25) is 0 Å². The summed E-state index contributed by atoms with van der Waals surface area (Å²) in [7, 11) is 0. The Morgan fingerprint density at radius 3 is 2.56 bits per heavy atom. The number of rotatable bonds is 3. The summed E-state index contributed by atoms with van der Waals surface area (Å²) < 4.78 is 0.988. The molecule has 1 aromatic rings. The van der Waals surface area contributed by atoms with E-state index in [-0.39, 0.29) is 11.2 Å². The Balaban J connectivity index is 2.72. The van der Waals surface area contributed by atoms with Crippen molar-refractivity contribution in [1.82, 2.24) is 0 Å². The second-order valence-corrected chi connectivity index (χ2v) is 6.03. The largest absolute Gasteiger partial charge is 0.321 e. The topological polar surface area (TPSA) is 43.1 Å². The van der Waals surface area contributed by atoms with Gasteiger partial charge in [0.25, 0.3) is 0 Å². The molecule has 1 rings (SSSR count). The van der Waals surface area contributed by atoms with Gasteiger partial charge in [0.05, 0.1) is 6.04 Å². The van der Waals surface area contributed by atoms with Crippen LogP contribution in [-0.4, -0.2) is 11.8 Å². The van der Waals surface area contributed by atoms with Gasteiger partial charge in [0, 0.05) is 10.9 Å². The second-order valence-electron chi connectivity index (χ2n) is 5.12. The lowest BCUT2D eigenvalue weighted by atomic mass is 9.83. The molecule has 0 aromatic heterocycles. The van der Waals surface area contributed by atoms with Crippen molar-refractivity contribution in [2.24, 2.45) is 11.1 Å². The molecule has 0 saturated carbocycles. The summed E-state index contributed by atoms with van der Waals surface area (Å²) >= 11 is 3.39. The molecular weight excluding hydrogens is 266 g/mol. The van der Waals surface area contributed by atoms with Crippen LogP contribution >= 0.6 is 15.9 Å². The number of hydrogen-bond acceptors (Lipinski definition) is 2. The van der Waals surface area contributed by atoms with E-state index in [2.05, 4.69) is 15.9 Å². The van der Waals surface area contributed by atoms with Crippen molar-refractivity contribution in [2.75, 3.05) is 0 Å². The molecule has 2 N–H and O–H groups in total. The fraction of sp³-hybridized carbons (Fsp3) is 0.462. The molecule has 3 heteroatoms. The quantitative estimate of drug-likeness (QED) is 0.927. The minimum atomic E-state index is -0.411. The van der Waals surface area contributed by atoms with Gasteiger partial charge in [0.1, 0.15) is 0 Å². The number of carbonyl (C=O) groups excluding carboxylic acids is 1. The van der Waals surface area contributed by atoms with Crippen LogP contribution in [0.15, 0.2) is 28.7 Å². The lowest BCUT2D eigenvalue weighted by Crippen LogP contribution is -2.43. The van der Waals surface area contributed by atoms with Crippen molar-refractivity contribution in [3.05, 3.63) is 34.3 Å². The summed E-state index contributed by atoms with van der Waals surface area (Å²) in [6, 6.07) is 7.35. The molecule has 0 aliphatic rings. The van der Waals surface area contributed by atoms with Crippen LogP contribution in [0.3, 0.4) is 0 Å². The molecule has 0 aliphatic carbocycles. The van der Waals surface area contributed by atoms with E-state index in [1.165, 1.54) is 0 Å². The Hall–Kier alpha value is -0.670. The molecule has 1 unspecified atom stereocenters. The molecular formula is C13H18BrNO. The monoisotopic (exact) mass is 283 g/mol. The van der Waals surface area contributed by atoms with Gasteiger partial charge < -0.3 is 5.73 Å². The van der Waals surface area contributed by atoms with Crippen molar-refractivity contribution in [2.45, 2.75) is 33.2 Å². The first-order valence-electron chi connectivity index (χ1n) is 5.33. The maximum absolute atomic E-state index is 11.9. The average Bonchev–Trinajstić information content (AvgIpc) is 2.15. The molecule has 0 heterocycles. The molecule has 0 spiro atoms. The summed E-state index contributed by atoms with van der Waals surface area (Å²) in [4.78, 5) is 11.9. The number of ketones is 1. The average molecular weight is 284 g/mol. The van der Waals surface area contributed by atoms with Crippen LogP contribution in [0.1, 0.15) is 26.3 Å². The highest BCUT2D eigenvalue weighted by Gasteiger charge is 2.26. The van der Waals surface area contributed by atoms with Gasteiger partial charge in [-0.25, -0.2) is 0 Å². The molecule has 0 fully saturated rings. The van der Waals surface area contributed by atoms with E-state index >= 15 is 0 Å². The highest BCUT2D eigenvalue weighted by molar-refractivity contribution is 9.10. The molecule has 88 valence electrons. The highest BCUT2D eigenvalue weighted by Crippen LogP contribution is 2.20. The van der Waals surface area contributed by atoms with Crippen LogP contribution < -0.4 is 5.73 Å². The van der Waals surface area contributed by atoms with E-state index in [0.717, 1.165) is 10.0 Å². The number of carbonyl (C=O) groups is 1. The molecule has 0 aliphatic heterocycles. The first kappa shape index (κ1) is 13.4. The van der Waals surface area contributed by atoms with Gasteiger partial charge in [-0.1, -0.05) is 48.8 Å². The fourth-order valence-corrected chi connectivity index (χ4v) is 1.89. The summed E-state index contributed by atoms with van der Waals surface area (Å²) in [6.07, 6.45) is 0.401. The van der Waals surface area contributed by atoms with Gasteiger partial charge in [-0.3, -0.25) is 4.79 Å². The molecule has 1 atom stereocenters. The van der Waals surface area contributed by atoms with Crippen LogP contribution in [0.5, 0.6) is 0 Å². The van der Waals surface area contributed by atoms with Crippen molar-refractivity contribution < 1.29 is 4.79 Å². The minimum Gasteiger partial charge on any atom is -0.321 e. The molecule has 0 radical (unpaired) electrons. The summed E-state index contributed by atoms with van der Waals surface area (Å²) in [5, 5.41) is 0. The zero-order valence-corrected chi connectivity index (χ0v) is 11.5. The zero-order chi connectivity index (χ0) is 12.3. The SMILES string of the molecule is CC(C)(C)C(N)C(=O)Cc1cccc(Br)c1. The number of benzene rings is 1. The highest BCUT2D eigenvalue weighted by atomic mass is 79.9. The Kier molecular flexibility index (Phi) is 4.28. The van der Waals surface area contributed by atoms with Crippen LogP contribution in [0, 0.1) is 5.41 Å². The Morgan fingerprint density at radius 1 is 1.44 bits per heavy atom. The molecule has 0 bridgehead atoms. The van der Waals surface area contributed by atoms with Crippen molar-refractivity contribution in [3.8, 4) is 0 Å². The lowest BCUT2D eigenvalue weighted by Gasteiger charge is -2.25. The third-order valence-corrected chi connectivity index (χ3v) is 3.04. The third-order valence-electron chi connectivity index (χ3n) is 2.55. The number of Topliss-reactive ketones (excluding diaryl/α,β-unsaturated/α-hetero) is 1. The van der Waals surface area contributed by atoms with Gasteiger partial charge in [0.15, 0.2) is 5.78 Å². The molecule has 2 nitrogen and oxygen atoms in total. The molecule has 0 saturated heterocycles. The molecule has 1 aromatic carbocycles. The number of halogens is 1. The maximum Gasteiger partial charge on any atom is 0.154 e. The van der Waals surface area contributed by atoms with Crippen molar-refractivity contribution >= 4 is 21.7 Å². The van der Waals surface area contributed by atoms with Crippen molar-refractivity contribution in [3.63, 3.8) is 0 Å². The molecule has 16 heavy (non-hydrogen) atoms. The van der Waals surface area contributed by atoms with E-state index in [0.29, 0.717) is 6.42 Å². The summed E-state index contributed by atoms with van der Waals surface area (Å²) in [5.74, 6) is 0.0885. The second kappa shape index (κ2) is 5.11. The van der Waals surface area contributed by atoms with E-state index in [9.17, 15) is 4.79 Å². The van der Waals surface area contributed by atoms with E-state index in [1.54, 1.807) is 0 Å². The smallest absolute Gasteiger partial charge is 0.154 e. The van der Waals surface area contributed by atoms with Crippen LogP contribution in [0.25, 0.3) is 0 Å². The minimum absolute atomic E-state index is 0.0885. The Morgan fingerprint density at radius 2 is 2.06 bits per heavy atom. The van der Waals surface area contributed by atoms with Gasteiger partial charge in [-0.15, -0.1) is 0 Å². The predicted octanol–water partition coefficient (Wildman–Crippen LogP) is 2.93. The maximum atomic E-state index is 11.9. The summed E-state index contributed by atoms with van der Waals surface area (Å²) in [5.41, 5.74) is 6.74. The van der Waals surface area contributed by atoms with Crippen molar-refractivity contribution in [1.29, 1.82) is 0 Å². The Bertz CT molecular complexity index is 382. The first-order valence-corrected chi connectivity index (χ1v) is 6.13. The number of nitrogens with two attached hydrogens (primary N) is 1. The van der Waals surface area contributed by atoms with E-state index in [1.807, 2.05) is 45.0 Å². The zero-order valence-electron chi connectivity index (χ0n) is 9.96. The molecule has 0 amide bonds. The normalized spacial score (nSPS) is 13.6. The van der Waals surface area contributed by atoms with Crippen LogP contribution in [-0.2, 0) is 11.2 Å². The van der Waals surface area contributed by atoms with Gasteiger partial charge in [-0.05, 0) is 23.1 Å². The first-order chi connectivity index (χ1) is 7.30. The lowest BCUT2D eigenvalue weighted by molar-refractivity contribution is -0.121. The van der Waals surface area contributed by atoms with Crippen LogP contribution in [0.2, 0.25) is 0 Å². The fourth-order valence-electron chi connectivity index (χ4n) is 1.44. The van der Waals surface area contributed by atoms with Crippen LogP contribution in [0.4, 0.5) is 0 Å². The predicted molar refractivity (Wildman–Crippen MR) is 70.3 cm³/mol.